The van der Waals surface area contributed by atoms with Crippen LogP contribution in [0.3, 0.4) is 0 Å². The predicted molar refractivity (Wildman–Crippen MR) is 108 cm³/mol. The van der Waals surface area contributed by atoms with E-state index in [1.807, 2.05) is 0 Å². The first-order chi connectivity index (χ1) is 13.1. The molecule has 7 nitrogen and oxygen atoms in total. The van der Waals surface area contributed by atoms with E-state index in [9.17, 15) is 20.2 Å². The lowest BCUT2D eigenvalue weighted by Gasteiger charge is -2.26. The SMILES string of the molecule is CC(C)(C)OC(=O)N[C@H](c1ccc(Br)cc1)[C@H](C#N)c1ccccc1[N+](=O)[O-]. The van der Waals surface area contributed by atoms with Crippen molar-refractivity contribution in [2.45, 2.75) is 38.3 Å². The molecule has 1 N–H and O–H groups in total. The Morgan fingerprint density at radius 3 is 2.36 bits per heavy atom. The van der Waals surface area contributed by atoms with Gasteiger partial charge in [0.15, 0.2) is 0 Å². The minimum absolute atomic E-state index is 0.179. The van der Waals surface area contributed by atoms with E-state index in [4.69, 9.17) is 4.74 Å². The Bertz CT molecular complexity index is 901. The molecule has 0 unspecified atom stereocenters. The Balaban J connectivity index is 2.50. The lowest BCUT2D eigenvalue weighted by molar-refractivity contribution is -0.385. The van der Waals surface area contributed by atoms with E-state index in [2.05, 4.69) is 27.3 Å². The second-order valence-corrected chi connectivity index (χ2v) is 8.01. The quantitative estimate of drug-likeness (QED) is 0.500. The van der Waals surface area contributed by atoms with Crippen molar-refractivity contribution in [1.29, 1.82) is 5.26 Å². The van der Waals surface area contributed by atoms with Crippen LogP contribution in [0.5, 0.6) is 0 Å². The summed E-state index contributed by atoms with van der Waals surface area (Å²) in [7, 11) is 0. The zero-order valence-corrected chi connectivity index (χ0v) is 17.3. The number of nitrogens with one attached hydrogen (secondary N) is 1. The van der Waals surface area contributed by atoms with Gasteiger partial charge in [-0.15, -0.1) is 0 Å². The highest BCUT2D eigenvalue weighted by Gasteiger charge is 2.32. The Hall–Kier alpha value is -2.92. The third kappa shape index (κ3) is 5.54. The summed E-state index contributed by atoms with van der Waals surface area (Å²) in [5, 5.41) is 24.0. The average Bonchev–Trinajstić information content (AvgIpc) is 2.61. The van der Waals surface area contributed by atoms with Crippen molar-refractivity contribution >= 4 is 27.7 Å². The highest BCUT2D eigenvalue weighted by molar-refractivity contribution is 9.10. The number of nitriles is 1. The monoisotopic (exact) mass is 445 g/mol. The summed E-state index contributed by atoms with van der Waals surface area (Å²) < 4.78 is 6.14. The summed E-state index contributed by atoms with van der Waals surface area (Å²) in [6.45, 7) is 5.18. The van der Waals surface area contributed by atoms with Crippen LogP contribution >= 0.6 is 15.9 Å². The van der Waals surface area contributed by atoms with Crippen molar-refractivity contribution in [3.8, 4) is 6.07 Å². The lowest BCUT2D eigenvalue weighted by atomic mass is 9.87. The van der Waals surface area contributed by atoms with Crippen LogP contribution in [0, 0.1) is 21.4 Å². The molecule has 28 heavy (non-hydrogen) atoms. The largest absolute Gasteiger partial charge is 0.444 e. The molecule has 0 saturated carbocycles. The number of para-hydroxylation sites is 1. The molecule has 1 amide bonds. The maximum Gasteiger partial charge on any atom is 0.408 e. The molecule has 0 aromatic heterocycles. The van der Waals surface area contributed by atoms with Gasteiger partial charge in [-0.3, -0.25) is 10.1 Å². The number of rotatable bonds is 5. The Morgan fingerprint density at radius 2 is 1.82 bits per heavy atom. The zero-order valence-electron chi connectivity index (χ0n) is 15.7. The van der Waals surface area contributed by atoms with Crippen LogP contribution in [0.4, 0.5) is 10.5 Å². The van der Waals surface area contributed by atoms with Gasteiger partial charge in [-0.25, -0.2) is 4.79 Å². The van der Waals surface area contributed by atoms with E-state index >= 15 is 0 Å². The third-order valence-corrected chi connectivity index (χ3v) is 4.37. The first-order valence-corrected chi connectivity index (χ1v) is 9.29. The predicted octanol–water partition coefficient (Wildman–Crippen LogP) is 5.23. The first-order valence-electron chi connectivity index (χ1n) is 8.50. The molecule has 2 rings (SSSR count). The van der Waals surface area contributed by atoms with E-state index in [1.54, 1.807) is 51.1 Å². The number of carbonyl (C=O) groups excluding carboxylic acids is 1. The van der Waals surface area contributed by atoms with Gasteiger partial charge in [0.25, 0.3) is 5.69 Å². The minimum Gasteiger partial charge on any atom is -0.444 e. The van der Waals surface area contributed by atoms with Gasteiger partial charge in [0, 0.05) is 16.1 Å². The number of nitrogens with zero attached hydrogens (tertiary/aromatic N) is 2. The molecule has 8 heteroatoms. The van der Waals surface area contributed by atoms with E-state index in [0.717, 1.165) is 4.47 Å². The van der Waals surface area contributed by atoms with Crippen molar-refractivity contribution < 1.29 is 14.5 Å². The molecule has 0 saturated heterocycles. The third-order valence-electron chi connectivity index (χ3n) is 3.84. The van der Waals surface area contributed by atoms with Crippen LogP contribution < -0.4 is 5.32 Å². The van der Waals surface area contributed by atoms with Crippen LogP contribution in [0.25, 0.3) is 0 Å². The fourth-order valence-corrected chi connectivity index (χ4v) is 2.97. The summed E-state index contributed by atoms with van der Waals surface area (Å²) in [6, 6.07) is 14.3. The van der Waals surface area contributed by atoms with Crippen LogP contribution in [-0.4, -0.2) is 16.6 Å². The van der Waals surface area contributed by atoms with E-state index in [1.165, 1.54) is 18.2 Å². The van der Waals surface area contributed by atoms with E-state index < -0.39 is 28.6 Å². The number of nitro benzene ring substituents is 1. The maximum atomic E-state index is 12.4. The number of hydrogen-bond acceptors (Lipinski definition) is 5. The summed E-state index contributed by atoms with van der Waals surface area (Å²) in [4.78, 5) is 23.3. The molecule has 0 radical (unpaired) electrons. The van der Waals surface area contributed by atoms with Crippen LogP contribution in [0.1, 0.15) is 43.9 Å². The number of amides is 1. The summed E-state index contributed by atoms with van der Waals surface area (Å²) in [6.07, 6.45) is -0.709. The van der Waals surface area contributed by atoms with Gasteiger partial charge in [-0.05, 0) is 38.5 Å². The molecular formula is C20H20BrN3O4. The molecule has 0 heterocycles. The van der Waals surface area contributed by atoms with Gasteiger partial charge in [-0.1, -0.05) is 46.3 Å². The molecule has 0 aliphatic carbocycles. The molecule has 0 fully saturated rings. The van der Waals surface area contributed by atoms with Gasteiger partial charge in [0.2, 0.25) is 0 Å². The van der Waals surface area contributed by atoms with Crippen molar-refractivity contribution in [1.82, 2.24) is 5.32 Å². The number of carbonyl (C=O) groups is 1. The fraction of sp³-hybridized carbons (Fsp3) is 0.300. The Kier molecular flexibility index (Phi) is 6.75. The molecule has 0 bridgehead atoms. The van der Waals surface area contributed by atoms with Gasteiger partial charge in [-0.2, -0.15) is 5.26 Å². The van der Waals surface area contributed by atoms with E-state index in [-0.39, 0.29) is 11.3 Å². The summed E-state index contributed by atoms with van der Waals surface area (Å²) in [5.41, 5.74) is -0.0604. The number of nitro groups is 1. The van der Waals surface area contributed by atoms with Crippen molar-refractivity contribution in [2.24, 2.45) is 0 Å². The number of alkyl carbamates (subject to hydrolysis) is 1. The smallest absolute Gasteiger partial charge is 0.408 e. The molecule has 2 aromatic rings. The molecular weight excluding hydrogens is 426 g/mol. The molecule has 2 atom stereocenters. The second-order valence-electron chi connectivity index (χ2n) is 7.10. The molecule has 146 valence electrons. The standard InChI is InChI=1S/C20H20BrN3O4/c1-20(2,3)28-19(25)23-18(13-8-10-14(21)11-9-13)16(12-22)15-6-4-5-7-17(15)24(26)27/h4-11,16,18H,1-3H3,(H,23,25)/t16-,18-/m1/s1. The minimum atomic E-state index is -0.990. The van der Waals surface area contributed by atoms with Crippen LogP contribution in [0.15, 0.2) is 53.0 Å². The highest BCUT2D eigenvalue weighted by Crippen LogP contribution is 2.36. The van der Waals surface area contributed by atoms with Crippen LogP contribution in [0.2, 0.25) is 0 Å². The molecule has 0 aliphatic heterocycles. The van der Waals surface area contributed by atoms with Crippen molar-refractivity contribution in [3.63, 3.8) is 0 Å². The number of ether oxygens (including phenoxy) is 1. The topological polar surface area (TPSA) is 105 Å². The maximum absolute atomic E-state index is 12.4. The Morgan fingerprint density at radius 1 is 1.21 bits per heavy atom. The average molecular weight is 446 g/mol. The lowest BCUT2D eigenvalue weighted by Crippen LogP contribution is -2.37. The fourth-order valence-electron chi connectivity index (χ4n) is 2.70. The van der Waals surface area contributed by atoms with Crippen molar-refractivity contribution in [2.75, 3.05) is 0 Å². The normalized spacial score (nSPS) is 13.1. The molecule has 0 spiro atoms. The van der Waals surface area contributed by atoms with Crippen molar-refractivity contribution in [3.05, 3.63) is 74.2 Å². The second kappa shape index (κ2) is 8.85. The summed E-state index contributed by atoms with van der Waals surface area (Å²) in [5.74, 6) is -0.990. The van der Waals surface area contributed by atoms with Crippen LogP contribution in [-0.2, 0) is 4.74 Å². The first kappa shape index (κ1) is 21.4. The van der Waals surface area contributed by atoms with Gasteiger partial charge >= 0.3 is 6.09 Å². The molecule has 2 aromatic carbocycles. The van der Waals surface area contributed by atoms with Gasteiger partial charge < -0.3 is 10.1 Å². The van der Waals surface area contributed by atoms with Gasteiger partial charge in [0.05, 0.1) is 17.0 Å². The summed E-state index contributed by atoms with van der Waals surface area (Å²) >= 11 is 3.35. The number of hydrogen-bond donors (Lipinski definition) is 1. The highest BCUT2D eigenvalue weighted by atomic mass is 79.9. The number of halogens is 1. The molecule has 0 aliphatic rings. The van der Waals surface area contributed by atoms with E-state index in [0.29, 0.717) is 5.56 Å². The zero-order chi connectivity index (χ0) is 20.9. The number of benzene rings is 2. The van der Waals surface area contributed by atoms with Gasteiger partial charge in [0.1, 0.15) is 11.5 Å². The Labute approximate surface area is 171 Å².